The molecule has 0 unspecified atom stereocenters. The van der Waals surface area contributed by atoms with Gasteiger partial charge in [-0.05, 0) is 29.8 Å². The number of benzene rings is 1. The Morgan fingerprint density at radius 3 is 2.83 bits per heavy atom. The van der Waals surface area contributed by atoms with Crippen LogP contribution in [0.5, 0.6) is 0 Å². The average molecular weight is 320 g/mol. The number of nitrogens with zero attached hydrogens (tertiary/aromatic N) is 5. The summed E-state index contributed by atoms with van der Waals surface area (Å²) in [5.74, 6) is 0.209. The number of H-pyrrole nitrogens is 2. The minimum Gasteiger partial charge on any atom is -0.360 e. The van der Waals surface area contributed by atoms with E-state index in [0.717, 1.165) is 16.8 Å². The molecule has 0 saturated carbocycles. The summed E-state index contributed by atoms with van der Waals surface area (Å²) in [6.45, 7) is 1.93. The lowest BCUT2D eigenvalue weighted by Gasteiger charge is -2.08. The molecular weight excluding hydrogens is 308 g/mol. The van der Waals surface area contributed by atoms with Crippen molar-refractivity contribution in [1.29, 1.82) is 5.26 Å². The Hall–Kier alpha value is -3.80. The van der Waals surface area contributed by atoms with E-state index >= 15 is 0 Å². The minimum atomic E-state index is -0.258. The molecule has 24 heavy (non-hydrogen) atoms. The first-order chi connectivity index (χ1) is 11.7. The fourth-order valence-corrected chi connectivity index (χ4v) is 2.01. The van der Waals surface area contributed by atoms with Gasteiger partial charge in [0.1, 0.15) is 11.6 Å². The van der Waals surface area contributed by atoms with Crippen molar-refractivity contribution in [2.75, 3.05) is 5.32 Å². The van der Waals surface area contributed by atoms with Crippen LogP contribution in [0.15, 0.2) is 41.3 Å². The molecular formula is C15H12N8O. The van der Waals surface area contributed by atoms with Gasteiger partial charge in [-0.2, -0.15) is 15.6 Å². The molecule has 3 aromatic rings. The molecule has 0 atom stereocenters. The SMILES string of the molecule is Cc1ccc(-c2ccc(=O)[nH]n2)cc1NC=C(C#N)c1nn[nH]n1. The summed E-state index contributed by atoms with van der Waals surface area (Å²) in [4.78, 5) is 11.1. The molecule has 9 heteroatoms. The zero-order valence-corrected chi connectivity index (χ0v) is 12.6. The van der Waals surface area contributed by atoms with E-state index in [-0.39, 0.29) is 17.0 Å². The largest absolute Gasteiger partial charge is 0.360 e. The predicted molar refractivity (Wildman–Crippen MR) is 86.4 cm³/mol. The maximum atomic E-state index is 11.1. The van der Waals surface area contributed by atoms with E-state index in [1.165, 1.54) is 12.3 Å². The topological polar surface area (TPSA) is 136 Å². The van der Waals surface area contributed by atoms with Crippen LogP contribution in [0, 0.1) is 18.3 Å². The highest BCUT2D eigenvalue weighted by atomic mass is 16.1. The number of nitriles is 1. The third-order valence-corrected chi connectivity index (χ3v) is 3.29. The van der Waals surface area contributed by atoms with Gasteiger partial charge in [0.05, 0.1) is 5.69 Å². The zero-order valence-electron chi connectivity index (χ0n) is 12.6. The van der Waals surface area contributed by atoms with Crippen LogP contribution < -0.4 is 10.9 Å². The van der Waals surface area contributed by atoms with Crippen molar-refractivity contribution in [3.05, 3.63) is 58.3 Å². The number of aromatic nitrogens is 6. The highest BCUT2D eigenvalue weighted by Gasteiger charge is 2.07. The number of anilines is 1. The molecule has 0 amide bonds. The maximum Gasteiger partial charge on any atom is 0.264 e. The molecule has 0 saturated heterocycles. The Kier molecular flexibility index (Phi) is 4.11. The molecule has 9 nitrogen and oxygen atoms in total. The van der Waals surface area contributed by atoms with Gasteiger partial charge in [-0.15, -0.1) is 10.2 Å². The summed E-state index contributed by atoms with van der Waals surface area (Å²) in [6, 6.07) is 10.8. The van der Waals surface area contributed by atoms with Gasteiger partial charge in [0.25, 0.3) is 5.56 Å². The highest BCUT2D eigenvalue weighted by Crippen LogP contribution is 2.24. The summed E-state index contributed by atoms with van der Waals surface area (Å²) in [6.07, 6.45) is 1.51. The number of tetrazole rings is 1. The van der Waals surface area contributed by atoms with Crippen molar-refractivity contribution < 1.29 is 0 Å². The first-order valence-electron chi connectivity index (χ1n) is 6.95. The molecule has 2 aromatic heterocycles. The molecule has 3 rings (SSSR count). The van der Waals surface area contributed by atoms with Gasteiger partial charge < -0.3 is 5.32 Å². The van der Waals surface area contributed by atoms with Crippen LogP contribution in [0.2, 0.25) is 0 Å². The Labute approximate surface area is 136 Å². The zero-order chi connectivity index (χ0) is 16.9. The van der Waals surface area contributed by atoms with Crippen molar-refractivity contribution in [3.8, 4) is 17.3 Å². The molecule has 0 aliphatic rings. The van der Waals surface area contributed by atoms with Gasteiger partial charge >= 0.3 is 0 Å². The third kappa shape index (κ3) is 3.17. The minimum absolute atomic E-state index is 0.209. The summed E-state index contributed by atoms with van der Waals surface area (Å²) < 4.78 is 0. The van der Waals surface area contributed by atoms with E-state index in [9.17, 15) is 10.1 Å². The molecule has 0 aliphatic carbocycles. The molecule has 1 aromatic carbocycles. The first kappa shape index (κ1) is 15.1. The summed E-state index contributed by atoms with van der Waals surface area (Å²) in [5.41, 5.74) is 3.22. The van der Waals surface area contributed by atoms with Gasteiger partial charge in [0.15, 0.2) is 0 Å². The van der Waals surface area contributed by atoms with Crippen LogP contribution in [-0.4, -0.2) is 30.8 Å². The second-order valence-corrected chi connectivity index (χ2v) is 4.89. The highest BCUT2D eigenvalue weighted by molar-refractivity contribution is 5.75. The standard InChI is InChI=1S/C15H12N8O/c1-9-2-3-10(12-4-5-14(24)19-18-12)6-13(9)17-8-11(7-16)15-20-22-23-21-15/h2-6,8,17H,1H3,(H,19,24)(H,20,21,22,23). The average Bonchev–Trinajstić information content (AvgIpc) is 3.12. The van der Waals surface area contributed by atoms with Gasteiger partial charge in [0, 0.05) is 23.5 Å². The Morgan fingerprint density at radius 1 is 1.29 bits per heavy atom. The third-order valence-electron chi connectivity index (χ3n) is 3.29. The fraction of sp³-hybridized carbons (Fsp3) is 0.0667. The number of rotatable bonds is 4. The van der Waals surface area contributed by atoms with Gasteiger partial charge in [-0.3, -0.25) is 4.79 Å². The molecule has 0 bridgehead atoms. The van der Waals surface area contributed by atoms with Crippen molar-refractivity contribution in [2.24, 2.45) is 0 Å². The summed E-state index contributed by atoms with van der Waals surface area (Å²) in [5, 5.41) is 31.9. The van der Waals surface area contributed by atoms with Crippen molar-refractivity contribution in [2.45, 2.75) is 6.92 Å². The molecule has 0 radical (unpaired) electrons. The van der Waals surface area contributed by atoms with E-state index in [1.54, 1.807) is 6.07 Å². The van der Waals surface area contributed by atoms with E-state index < -0.39 is 0 Å². The van der Waals surface area contributed by atoms with Crippen LogP contribution in [0.4, 0.5) is 5.69 Å². The number of aryl methyl sites for hydroxylation is 1. The van der Waals surface area contributed by atoms with Crippen molar-refractivity contribution in [3.63, 3.8) is 0 Å². The lowest BCUT2D eigenvalue weighted by Crippen LogP contribution is -2.05. The Morgan fingerprint density at radius 2 is 2.17 bits per heavy atom. The maximum absolute atomic E-state index is 11.1. The van der Waals surface area contributed by atoms with E-state index in [0.29, 0.717) is 5.69 Å². The molecule has 0 fully saturated rings. The normalized spacial score (nSPS) is 11.1. The van der Waals surface area contributed by atoms with E-state index in [1.807, 2.05) is 31.2 Å². The second kappa shape index (κ2) is 6.53. The Balaban J connectivity index is 1.91. The molecule has 0 aliphatic heterocycles. The van der Waals surface area contributed by atoms with E-state index in [4.69, 9.17) is 0 Å². The number of aromatic amines is 2. The van der Waals surface area contributed by atoms with Crippen LogP contribution >= 0.6 is 0 Å². The fourth-order valence-electron chi connectivity index (χ4n) is 2.01. The van der Waals surface area contributed by atoms with Gasteiger partial charge in [-0.1, -0.05) is 12.1 Å². The second-order valence-electron chi connectivity index (χ2n) is 4.89. The van der Waals surface area contributed by atoms with Gasteiger partial charge in [0.2, 0.25) is 5.82 Å². The van der Waals surface area contributed by atoms with Gasteiger partial charge in [-0.25, -0.2) is 5.10 Å². The summed E-state index contributed by atoms with van der Waals surface area (Å²) in [7, 11) is 0. The first-order valence-corrected chi connectivity index (χ1v) is 6.95. The molecule has 2 heterocycles. The summed E-state index contributed by atoms with van der Waals surface area (Å²) >= 11 is 0. The number of nitrogens with one attached hydrogen (secondary N) is 3. The number of hydrogen-bond acceptors (Lipinski definition) is 7. The van der Waals surface area contributed by atoms with Crippen LogP contribution in [0.1, 0.15) is 11.4 Å². The molecule has 118 valence electrons. The molecule has 0 spiro atoms. The van der Waals surface area contributed by atoms with E-state index in [2.05, 4.69) is 36.1 Å². The quantitative estimate of drug-likeness (QED) is 0.615. The Bertz CT molecular complexity index is 961. The van der Waals surface area contributed by atoms with Crippen LogP contribution in [-0.2, 0) is 0 Å². The van der Waals surface area contributed by atoms with Crippen LogP contribution in [0.3, 0.4) is 0 Å². The monoisotopic (exact) mass is 320 g/mol. The predicted octanol–water partition coefficient (Wildman–Crippen LogP) is 1.23. The van der Waals surface area contributed by atoms with Crippen LogP contribution in [0.25, 0.3) is 16.8 Å². The molecule has 3 N–H and O–H groups in total. The number of allylic oxidation sites excluding steroid dienone is 1. The van der Waals surface area contributed by atoms with Crippen molar-refractivity contribution in [1.82, 2.24) is 30.8 Å². The lowest BCUT2D eigenvalue weighted by molar-refractivity contribution is 0.881. The number of hydrogen-bond donors (Lipinski definition) is 3. The smallest absolute Gasteiger partial charge is 0.264 e. The van der Waals surface area contributed by atoms with Crippen molar-refractivity contribution >= 4 is 11.3 Å². The lowest BCUT2D eigenvalue weighted by atomic mass is 10.1.